The molecular formula is C27H31F3N4O3. The molecular weight excluding hydrogens is 485 g/mol. The number of hydrogen-bond donors (Lipinski definition) is 2. The summed E-state index contributed by atoms with van der Waals surface area (Å²) in [6.45, 7) is 3.16. The summed E-state index contributed by atoms with van der Waals surface area (Å²) < 4.78 is 44.2. The Morgan fingerprint density at radius 2 is 1.73 bits per heavy atom. The van der Waals surface area contributed by atoms with Gasteiger partial charge in [-0.25, -0.2) is 0 Å². The molecule has 2 aliphatic rings. The molecule has 37 heavy (non-hydrogen) atoms. The lowest BCUT2D eigenvalue weighted by Crippen LogP contribution is -2.63. The first kappa shape index (κ1) is 25.8. The molecule has 0 radical (unpaired) electrons. The summed E-state index contributed by atoms with van der Waals surface area (Å²) in [7, 11) is 1.95. The van der Waals surface area contributed by atoms with Gasteiger partial charge in [0.15, 0.2) is 0 Å². The second-order valence-corrected chi connectivity index (χ2v) is 10.9. The molecule has 1 atom stereocenters. The molecule has 0 amide bonds. The van der Waals surface area contributed by atoms with Gasteiger partial charge in [-0.05, 0) is 49.9 Å². The molecule has 1 aliphatic carbocycles. The number of aromatic nitrogens is 3. The second kappa shape index (κ2) is 9.49. The van der Waals surface area contributed by atoms with Crippen molar-refractivity contribution in [3.63, 3.8) is 0 Å². The van der Waals surface area contributed by atoms with Gasteiger partial charge in [0.05, 0.1) is 12.5 Å². The Balaban J connectivity index is 1.48. The van der Waals surface area contributed by atoms with Gasteiger partial charge >= 0.3 is 6.18 Å². The molecule has 2 aromatic heterocycles. The van der Waals surface area contributed by atoms with Crippen molar-refractivity contribution in [2.75, 3.05) is 20.1 Å². The molecule has 2 N–H and O–H groups in total. The Morgan fingerprint density at radius 1 is 1.05 bits per heavy atom. The lowest BCUT2D eigenvalue weighted by molar-refractivity contribution is -0.128. The Morgan fingerprint density at radius 3 is 2.35 bits per heavy atom. The molecule has 0 spiro atoms. The molecule has 5 rings (SSSR count). The summed E-state index contributed by atoms with van der Waals surface area (Å²) in [6, 6.07) is 7.76. The van der Waals surface area contributed by atoms with Crippen LogP contribution in [0.4, 0.5) is 13.2 Å². The van der Waals surface area contributed by atoms with Crippen molar-refractivity contribution in [2.24, 2.45) is 5.41 Å². The van der Waals surface area contributed by atoms with Crippen LogP contribution in [-0.2, 0) is 12.0 Å². The smallest absolute Gasteiger partial charge is 0.393 e. The number of hydrogen-bond acceptors (Lipinski definition) is 7. The van der Waals surface area contributed by atoms with E-state index in [0.717, 1.165) is 12.8 Å². The molecule has 2 fully saturated rings. The maximum absolute atomic E-state index is 12.9. The maximum atomic E-state index is 12.9. The number of alkyl halides is 3. The number of nitrogens with zero attached hydrogens (tertiary/aromatic N) is 4. The van der Waals surface area contributed by atoms with Crippen LogP contribution in [0.1, 0.15) is 61.1 Å². The van der Waals surface area contributed by atoms with Crippen LogP contribution in [0.5, 0.6) is 0 Å². The van der Waals surface area contributed by atoms with Gasteiger partial charge in [0.2, 0.25) is 11.7 Å². The molecule has 7 nitrogen and oxygen atoms in total. The highest BCUT2D eigenvalue weighted by Crippen LogP contribution is 2.50. The Bertz CT molecular complexity index is 1230. The summed E-state index contributed by atoms with van der Waals surface area (Å²) >= 11 is 0. The molecule has 198 valence electrons. The van der Waals surface area contributed by atoms with Crippen LogP contribution in [-0.4, -0.2) is 62.7 Å². The van der Waals surface area contributed by atoms with E-state index in [1.165, 1.54) is 12.1 Å². The van der Waals surface area contributed by atoms with Crippen LogP contribution >= 0.6 is 0 Å². The van der Waals surface area contributed by atoms with Gasteiger partial charge in [-0.3, -0.25) is 4.98 Å². The minimum Gasteiger partial charge on any atom is -0.393 e. The third-order valence-corrected chi connectivity index (χ3v) is 7.79. The molecule has 0 bridgehead atoms. The number of rotatable bonds is 6. The Kier molecular flexibility index (Phi) is 6.62. The van der Waals surface area contributed by atoms with Gasteiger partial charge in [0, 0.05) is 47.9 Å². The summed E-state index contributed by atoms with van der Waals surface area (Å²) in [6.07, 6.45) is 0.510. The van der Waals surface area contributed by atoms with E-state index in [9.17, 15) is 23.4 Å². The number of aliphatic hydroxyl groups is 2. The zero-order valence-electron chi connectivity index (χ0n) is 20.9. The topological polar surface area (TPSA) is 95.5 Å². The predicted octanol–water partition coefficient (Wildman–Crippen LogP) is 4.44. The van der Waals surface area contributed by atoms with Crippen molar-refractivity contribution in [3.05, 3.63) is 65.3 Å². The van der Waals surface area contributed by atoms with Gasteiger partial charge in [-0.2, -0.15) is 18.2 Å². The van der Waals surface area contributed by atoms with E-state index in [0.29, 0.717) is 54.3 Å². The van der Waals surface area contributed by atoms with E-state index in [1.54, 1.807) is 30.6 Å². The first-order chi connectivity index (χ1) is 17.5. The van der Waals surface area contributed by atoms with Crippen molar-refractivity contribution < 1.29 is 27.9 Å². The maximum Gasteiger partial charge on any atom is 0.393 e. The lowest BCUT2D eigenvalue weighted by atomic mass is 9.62. The number of halogens is 3. The van der Waals surface area contributed by atoms with Gasteiger partial charge in [0.25, 0.3) is 0 Å². The zero-order chi connectivity index (χ0) is 26.4. The van der Waals surface area contributed by atoms with Crippen molar-refractivity contribution in [1.29, 1.82) is 0 Å². The summed E-state index contributed by atoms with van der Waals surface area (Å²) in [5.41, 5.74) is -0.383. The van der Waals surface area contributed by atoms with Gasteiger partial charge in [-0.1, -0.05) is 36.3 Å². The molecule has 1 aromatic carbocycles. The number of likely N-dealkylation sites (tertiary alicyclic amines) is 1. The summed E-state index contributed by atoms with van der Waals surface area (Å²) in [4.78, 5) is 11.0. The minimum atomic E-state index is -4.31. The van der Waals surface area contributed by atoms with Crippen molar-refractivity contribution in [3.8, 4) is 11.4 Å². The van der Waals surface area contributed by atoms with Gasteiger partial charge in [-0.15, -0.1) is 0 Å². The van der Waals surface area contributed by atoms with Crippen LogP contribution in [0.3, 0.4) is 0 Å². The number of aliphatic hydroxyl groups excluding tert-OH is 1. The van der Waals surface area contributed by atoms with Crippen LogP contribution in [0.15, 0.2) is 47.2 Å². The molecule has 3 heterocycles. The van der Waals surface area contributed by atoms with Crippen molar-refractivity contribution >= 4 is 0 Å². The lowest BCUT2D eigenvalue weighted by Gasteiger charge is -2.55. The van der Waals surface area contributed by atoms with Crippen LogP contribution in [0, 0.1) is 5.41 Å². The highest BCUT2D eigenvalue weighted by Gasteiger charge is 2.55. The standard InChI is InChI=1S/C27H31F3N4O3/c1-25(15-34(2)16-25)27(36,20-7-3-17(4-8-20)12-26(28,29)30)21-11-19(13-31-14-21)23-32-24(37-33-23)18-5-9-22(35)10-6-18/h3-4,7-8,11,13-14,18,22,35-36H,5-6,9-10,12,15-16H2,1-2H3/t18-,22+,27-/m0/s1. The fourth-order valence-corrected chi connectivity index (χ4v) is 5.93. The third kappa shape index (κ3) is 5.02. The quantitative estimate of drug-likeness (QED) is 0.500. The summed E-state index contributed by atoms with van der Waals surface area (Å²) in [5, 5.41) is 26.2. The highest BCUT2D eigenvalue weighted by atomic mass is 19.4. The minimum absolute atomic E-state index is 0.0948. The molecule has 1 aliphatic heterocycles. The number of benzene rings is 1. The van der Waals surface area contributed by atoms with E-state index in [4.69, 9.17) is 4.52 Å². The van der Waals surface area contributed by atoms with Crippen LogP contribution < -0.4 is 0 Å². The predicted molar refractivity (Wildman–Crippen MR) is 130 cm³/mol. The molecule has 1 saturated carbocycles. The normalized spacial score (nSPS) is 23.9. The fourth-order valence-electron chi connectivity index (χ4n) is 5.93. The van der Waals surface area contributed by atoms with E-state index < -0.39 is 23.6 Å². The first-order valence-corrected chi connectivity index (χ1v) is 12.5. The third-order valence-electron chi connectivity index (χ3n) is 7.79. The SMILES string of the molecule is CN1CC(C)([C@](O)(c2ccc(CC(F)(F)F)cc2)c2cncc(-c3noc([C@H]4CC[C@@H](O)CC4)n3)c2)C1. The van der Waals surface area contributed by atoms with Gasteiger partial charge in [0.1, 0.15) is 5.60 Å². The molecule has 1 saturated heterocycles. The van der Waals surface area contributed by atoms with E-state index in [-0.39, 0.29) is 17.6 Å². The van der Waals surface area contributed by atoms with E-state index in [1.807, 2.05) is 14.0 Å². The average Bonchev–Trinajstić information content (AvgIpc) is 3.33. The van der Waals surface area contributed by atoms with Crippen LogP contribution in [0.25, 0.3) is 11.4 Å². The average molecular weight is 517 g/mol. The van der Waals surface area contributed by atoms with Crippen LogP contribution in [0.2, 0.25) is 0 Å². The molecule has 3 aromatic rings. The Labute approximate surface area is 213 Å². The fraction of sp³-hybridized carbons (Fsp3) is 0.519. The largest absolute Gasteiger partial charge is 0.393 e. The summed E-state index contributed by atoms with van der Waals surface area (Å²) in [5.74, 6) is 0.974. The number of pyridine rings is 1. The first-order valence-electron chi connectivity index (χ1n) is 12.5. The van der Waals surface area contributed by atoms with Crippen molar-refractivity contribution in [2.45, 2.75) is 62.8 Å². The van der Waals surface area contributed by atoms with Crippen molar-refractivity contribution in [1.82, 2.24) is 20.0 Å². The van der Waals surface area contributed by atoms with E-state index >= 15 is 0 Å². The molecule has 10 heteroatoms. The zero-order valence-corrected chi connectivity index (χ0v) is 20.9. The van der Waals surface area contributed by atoms with Gasteiger partial charge < -0.3 is 19.6 Å². The monoisotopic (exact) mass is 516 g/mol. The molecule has 0 unspecified atom stereocenters. The second-order valence-electron chi connectivity index (χ2n) is 10.9. The Hall–Kier alpha value is -2.82. The van der Waals surface area contributed by atoms with E-state index in [2.05, 4.69) is 20.0 Å². The highest BCUT2D eigenvalue weighted by molar-refractivity contribution is 5.56.